The lowest BCUT2D eigenvalue weighted by atomic mass is 10.1. The largest absolute Gasteiger partial charge is 0.449 e. The predicted octanol–water partition coefficient (Wildman–Crippen LogP) is 5.29. The van der Waals surface area contributed by atoms with Crippen LogP contribution >= 0.6 is 11.3 Å². The van der Waals surface area contributed by atoms with Crippen molar-refractivity contribution in [3.63, 3.8) is 0 Å². The molecule has 0 fully saturated rings. The summed E-state index contributed by atoms with van der Waals surface area (Å²) < 4.78 is 10.5. The molecule has 5 aromatic rings. The van der Waals surface area contributed by atoms with E-state index in [4.69, 9.17) is 9.15 Å². The van der Waals surface area contributed by atoms with Gasteiger partial charge in [-0.2, -0.15) is 0 Å². The van der Waals surface area contributed by atoms with Crippen LogP contribution in [-0.4, -0.2) is 27.9 Å². The molecule has 1 N–H and O–H groups in total. The number of hydrogen-bond donors (Lipinski definition) is 1. The Balaban J connectivity index is 1.25. The number of aromatic nitrogens is 2. The van der Waals surface area contributed by atoms with Crippen LogP contribution in [0.1, 0.15) is 17.3 Å². The van der Waals surface area contributed by atoms with E-state index in [-0.39, 0.29) is 5.56 Å². The van der Waals surface area contributed by atoms with Crippen LogP contribution in [0.15, 0.2) is 76.9 Å². The van der Waals surface area contributed by atoms with Gasteiger partial charge in [-0.05, 0) is 42.0 Å². The molecule has 2 aromatic heterocycles. The van der Waals surface area contributed by atoms with Gasteiger partial charge < -0.3 is 9.15 Å². The first-order valence-electron chi connectivity index (χ1n) is 9.86. The molecule has 0 radical (unpaired) electrons. The first-order valence-corrected chi connectivity index (χ1v) is 10.7. The first kappa shape index (κ1) is 19.9. The van der Waals surface area contributed by atoms with Gasteiger partial charge in [0.05, 0.1) is 11.3 Å². The van der Waals surface area contributed by atoms with E-state index in [0.717, 1.165) is 22.0 Å². The maximum absolute atomic E-state index is 12.5. The molecule has 3 aromatic carbocycles. The molecule has 1 atom stereocenters. The zero-order valence-electron chi connectivity index (χ0n) is 16.9. The van der Waals surface area contributed by atoms with E-state index in [0.29, 0.717) is 16.2 Å². The maximum atomic E-state index is 12.5. The Morgan fingerprint density at radius 1 is 1.06 bits per heavy atom. The minimum Gasteiger partial charge on any atom is -0.449 e. The highest BCUT2D eigenvalue weighted by Gasteiger charge is 2.21. The summed E-state index contributed by atoms with van der Waals surface area (Å²) >= 11 is 1.31. The number of oxazole rings is 1. The molecule has 158 valence electrons. The smallest absolute Gasteiger partial charge is 0.339 e. The molecule has 1 amide bonds. The fourth-order valence-corrected chi connectivity index (χ4v) is 4.01. The molecular formula is C24H17N3O4S. The van der Waals surface area contributed by atoms with Crippen LogP contribution in [0, 0.1) is 0 Å². The van der Waals surface area contributed by atoms with E-state index in [2.05, 4.69) is 27.4 Å². The van der Waals surface area contributed by atoms with Gasteiger partial charge in [0.2, 0.25) is 0 Å². The van der Waals surface area contributed by atoms with Gasteiger partial charge >= 0.3 is 5.97 Å². The molecule has 8 heteroatoms. The van der Waals surface area contributed by atoms with Crippen molar-refractivity contribution in [1.29, 1.82) is 0 Å². The number of amides is 1. The summed E-state index contributed by atoms with van der Waals surface area (Å²) in [5.74, 6) is -1.08. The Kier molecular flexibility index (Phi) is 5.12. The van der Waals surface area contributed by atoms with Crippen LogP contribution in [0.3, 0.4) is 0 Å². The second-order valence-corrected chi connectivity index (χ2v) is 8.03. The Hall–Kier alpha value is -4.04. The number of thiazole rings is 1. The normalized spacial score (nSPS) is 12.0. The van der Waals surface area contributed by atoms with Gasteiger partial charge in [-0.15, -0.1) is 11.3 Å². The molecule has 0 spiro atoms. The van der Waals surface area contributed by atoms with Crippen molar-refractivity contribution in [3.05, 3.63) is 78.0 Å². The lowest BCUT2D eigenvalue weighted by Gasteiger charge is -2.12. The number of anilines is 1. The third kappa shape index (κ3) is 3.95. The number of ether oxygens (including phenoxy) is 1. The van der Waals surface area contributed by atoms with E-state index in [1.165, 1.54) is 30.7 Å². The number of rotatable bonds is 5. The first-order chi connectivity index (χ1) is 15.6. The molecule has 0 aliphatic carbocycles. The fourth-order valence-electron chi connectivity index (χ4n) is 3.28. The lowest BCUT2D eigenvalue weighted by molar-refractivity contribution is -0.123. The third-order valence-electron chi connectivity index (χ3n) is 5.00. The third-order valence-corrected chi connectivity index (χ3v) is 5.76. The number of fused-ring (bicyclic) bond motifs is 2. The SMILES string of the molecule is CC(OC(=O)c1ccc2ncoc2c1)C(=O)Nc1nc(-c2ccc3ccccc3c2)cs1. The monoisotopic (exact) mass is 443 g/mol. The van der Waals surface area contributed by atoms with Crippen molar-refractivity contribution in [3.8, 4) is 11.3 Å². The second-order valence-electron chi connectivity index (χ2n) is 7.17. The Morgan fingerprint density at radius 3 is 2.78 bits per heavy atom. The van der Waals surface area contributed by atoms with E-state index in [1.807, 2.05) is 35.7 Å². The van der Waals surface area contributed by atoms with E-state index in [1.54, 1.807) is 12.1 Å². The van der Waals surface area contributed by atoms with Crippen molar-refractivity contribution in [2.75, 3.05) is 5.32 Å². The number of nitrogens with one attached hydrogen (secondary N) is 1. The van der Waals surface area contributed by atoms with Gasteiger partial charge in [0.15, 0.2) is 23.2 Å². The van der Waals surface area contributed by atoms with Crippen molar-refractivity contribution in [2.24, 2.45) is 0 Å². The zero-order chi connectivity index (χ0) is 22.1. The van der Waals surface area contributed by atoms with Crippen molar-refractivity contribution in [1.82, 2.24) is 9.97 Å². The van der Waals surface area contributed by atoms with Crippen molar-refractivity contribution >= 4 is 50.2 Å². The van der Waals surface area contributed by atoms with Crippen LogP contribution in [0.2, 0.25) is 0 Å². The highest BCUT2D eigenvalue weighted by Crippen LogP contribution is 2.28. The number of nitrogens with zero attached hydrogens (tertiary/aromatic N) is 2. The van der Waals surface area contributed by atoms with Gasteiger partial charge in [-0.3, -0.25) is 10.1 Å². The quantitative estimate of drug-likeness (QED) is 0.371. The molecule has 0 saturated heterocycles. The number of hydrogen-bond acceptors (Lipinski definition) is 7. The number of carbonyl (C=O) groups excluding carboxylic acids is 2. The van der Waals surface area contributed by atoms with Gasteiger partial charge in [-0.1, -0.05) is 36.4 Å². The van der Waals surface area contributed by atoms with E-state index >= 15 is 0 Å². The van der Waals surface area contributed by atoms with Gasteiger partial charge in [0.1, 0.15) is 5.52 Å². The Morgan fingerprint density at radius 2 is 1.91 bits per heavy atom. The summed E-state index contributed by atoms with van der Waals surface area (Å²) in [7, 11) is 0. The summed E-state index contributed by atoms with van der Waals surface area (Å²) in [6, 6.07) is 19.0. The van der Waals surface area contributed by atoms with E-state index in [9.17, 15) is 9.59 Å². The minimum atomic E-state index is -0.999. The molecular weight excluding hydrogens is 426 g/mol. The molecule has 2 heterocycles. The zero-order valence-corrected chi connectivity index (χ0v) is 17.8. The van der Waals surface area contributed by atoms with E-state index < -0.39 is 18.0 Å². The lowest BCUT2D eigenvalue weighted by Crippen LogP contribution is -2.29. The van der Waals surface area contributed by atoms with Gasteiger partial charge in [-0.25, -0.2) is 14.8 Å². The number of esters is 1. The van der Waals surface area contributed by atoms with Crippen LogP contribution in [0.25, 0.3) is 33.1 Å². The fraction of sp³-hybridized carbons (Fsp3) is 0.0833. The maximum Gasteiger partial charge on any atom is 0.339 e. The summed E-state index contributed by atoms with van der Waals surface area (Å²) in [5.41, 5.74) is 3.12. The number of carbonyl (C=O) groups is 2. The summed E-state index contributed by atoms with van der Waals surface area (Å²) in [4.78, 5) is 33.4. The van der Waals surface area contributed by atoms with Crippen LogP contribution in [-0.2, 0) is 9.53 Å². The van der Waals surface area contributed by atoms with Gasteiger partial charge in [0, 0.05) is 10.9 Å². The molecule has 32 heavy (non-hydrogen) atoms. The highest BCUT2D eigenvalue weighted by molar-refractivity contribution is 7.14. The Labute approximate surface area is 186 Å². The molecule has 1 unspecified atom stereocenters. The van der Waals surface area contributed by atoms with Crippen LogP contribution in [0.5, 0.6) is 0 Å². The average molecular weight is 443 g/mol. The van der Waals surface area contributed by atoms with Crippen LogP contribution < -0.4 is 5.32 Å². The highest BCUT2D eigenvalue weighted by atomic mass is 32.1. The van der Waals surface area contributed by atoms with Crippen molar-refractivity contribution in [2.45, 2.75) is 13.0 Å². The summed E-state index contributed by atoms with van der Waals surface area (Å²) in [5, 5.41) is 7.30. The van der Waals surface area contributed by atoms with Gasteiger partial charge in [0.25, 0.3) is 5.91 Å². The standard InChI is InChI=1S/C24H17N3O4S/c1-14(31-23(29)18-8-9-19-21(11-18)30-13-25-19)22(28)27-24-26-20(12-32-24)17-7-6-15-4-2-3-5-16(15)10-17/h2-14H,1H3,(H,26,27,28). The molecule has 0 aliphatic heterocycles. The predicted molar refractivity (Wildman–Crippen MR) is 123 cm³/mol. The Bertz CT molecular complexity index is 1460. The number of benzene rings is 3. The topological polar surface area (TPSA) is 94.3 Å². The summed E-state index contributed by atoms with van der Waals surface area (Å²) in [6.07, 6.45) is 0.303. The molecule has 0 bridgehead atoms. The van der Waals surface area contributed by atoms with Crippen molar-refractivity contribution < 1.29 is 18.7 Å². The average Bonchev–Trinajstić information content (AvgIpc) is 3.47. The molecule has 0 saturated carbocycles. The molecule has 7 nitrogen and oxygen atoms in total. The second kappa shape index (κ2) is 8.24. The molecule has 0 aliphatic rings. The minimum absolute atomic E-state index is 0.279. The van der Waals surface area contributed by atoms with Crippen LogP contribution in [0.4, 0.5) is 5.13 Å². The molecule has 5 rings (SSSR count). The summed E-state index contributed by atoms with van der Waals surface area (Å²) in [6.45, 7) is 1.51.